The van der Waals surface area contributed by atoms with Gasteiger partial charge in [0.15, 0.2) is 5.54 Å². The SMILES string of the molecule is CCOC(=O)C1=NC2(C(=O)N(Cc3ccccc3)c3ccccc32)C(c2ccco2)C1C(=O)OCC. The lowest BCUT2D eigenvalue weighted by Gasteiger charge is -2.29. The van der Waals surface area contributed by atoms with Gasteiger partial charge in [-0.1, -0.05) is 48.5 Å². The van der Waals surface area contributed by atoms with E-state index in [2.05, 4.69) is 0 Å². The maximum absolute atomic E-state index is 14.4. The number of furan rings is 1. The molecule has 0 saturated carbocycles. The lowest BCUT2D eigenvalue weighted by Crippen LogP contribution is -2.44. The van der Waals surface area contributed by atoms with E-state index in [-0.39, 0.29) is 24.8 Å². The molecular weight excluding hydrogens is 460 g/mol. The van der Waals surface area contributed by atoms with Gasteiger partial charge < -0.3 is 18.8 Å². The molecule has 2 aliphatic heterocycles. The van der Waals surface area contributed by atoms with Crippen LogP contribution in [0.4, 0.5) is 5.69 Å². The summed E-state index contributed by atoms with van der Waals surface area (Å²) in [6.45, 7) is 3.86. The fourth-order valence-corrected chi connectivity index (χ4v) is 5.22. The van der Waals surface area contributed by atoms with Crippen LogP contribution in [0.15, 0.2) is 82.4 Å². The molecule has 1 amide bonds. The summed E-state index contributed by atoms with van der Waals surface area (Å²) in [5.74, 6) is -3.50. The Morgan fingerprint density at radius 2 is 1.69 bits per heavy atom. The highest BCUT2D eigenvalue weighted by Gasteiger charge is 2.66. The van der Waals surface area contributed by atoms with E-state index in [1.165, 1.54) is 6.26 Å². The van der Waals surface area contributed by atoms with Crippen LogP contribution in [0, 0.1) is 5.92 Å². The molecule has 1 spiro atoms. The fraction of sp³-hybridized carbons (Fsp3) is 0.286. The Morgan fingerprint density at radius 3 is 2.39 bits per heavy atom. The smallest absolute Gasteiger partial charge is 0.353 e. The Kier molecular flexibility index (Phi) is 6.18. The Morgan fingerprint density at radius 1 is 0.972 bits per heavy atom. The number of para-hydroxylation sites is 1. The summed E-state index contributed by atoms with van der Waals surface area (Å²) in [6, 6.07) is 20.3. The topological polar surface area (TPSA) is 98.4 Å². The predicted molar refractivity (Wildman–Crippen MR) is 131 cm³/mol. The molecule has 3 heterocycles. The van der Waals surface area contributed by atoms with Gasteiger partial charge in [0.05, 0.1) is 37.6 Å². The number of hydrogen-bond acceptors (Lipinski definition) is 7. The van der Waals surface area contributed by atoms with Crippen molar-refractivity contribution in [2.75, 3.05) is 18.1 Å². The minimum Gasteiger partial charge on any atom is -0.469 e. The first kappa shape index (κ1) is 23.5. The van der Waals surface area contributed by atoms with Crippen LogP contribution in [0.25, 0.3) is 0 Å². The van der Waals surface area contributed by atoms with Crippen molar-refractivity contribution in [2.45, 2.75) is 31.8 Å². The maximum Gasteiger partial charge on any atom is 0.353 e. The average molecular weight is 487 g/mol. The van der Waals surface area contributed by atoms with Gasteiger partial charge in [-0.2, -0.15) is 0 Å². The maximum atomic E-state index is 14.4. The Bertz CT molecular complexity index is 1320. The molecule has 2 aliphatic rings. The van der Waals surface area contributed by atoms with E-state index in [4.69, 9.17) is 18.9 Å². The Balaban J connectivity index is 1.73. The molecular formula is C28H26N2O6. The molecule has 3 unspecified atom stereocenters. The molecule has 5 rings (SSSR count). The van der Waals surface area contributed by atoms with Gasteiger partial charge in [-0.05, 0) is 37.6 Å². The lowest BCUT2D eigenvalue weighted by molar-refractivity contribution is -0.148. The summed E-state index contributed by atoms with van der Waals surface area (Å²) in [7, 11) is 0. The summed E-state index contributed by atoms with van der Waals surface area (Å²) < 4.78 is 16.4. The minimum atomic E-state index is -1.59. The number of hydrogen-bond donors (Lipinski definition) is 0. The highest BCUT2D eigenvalue weighted by molar-refractivity contribution is 6.42. The van der Waals surface area contributed by atoms with Crippen LogP contribution in [0.2, 0.25) is 0 Å². The van der Waals surface area contributed by atoms with Gasteiger partial charge in [0, 0.05) is 5.56 Å². The second-order valence-electron chi connectivity index (χ2n) is 8.60. The highest BCUT2D eigenvalue weighted by atomic mass is 16.5. The zero-order valence-corrected chi connectivity index (χ0v) is 20.0. The molecule has 1 aromatic heterocycles. The van der Waals surface area contributed by atoms with Gasteiger partial charge in [-0.25, -0.2) is 4.79 Å². The van der Waals surface area contributed by atoms with Crippen molar-refractivity contribution >= 4 is 29.2 Å². The van der Waals surface area contributed by atoms with Crippen LogP contribution in [0.5, 0.6) is 0 Å². The quantitative estimate of drug-likeness (QED) is 0.468. The summed E-state index contributed by atoms with van der Waals surface area (Å²) in [6.07, 6.45) is 1.47. The van der Waals surface area contributed by atoms with Crippen LogP contribution in [-0.2, 0) is 35.9 Å². The van der Waals surface area contributed by atoms with E-state index in [9.17, 15) is 14.4 Å². The number of rotatable bonds is 7. The Labute approximate surface area is 208 Å². The van der Waals surface area contributed by atoms with Crippen molar-refractivity contribution in [3.05, 3.63) is 89.9 Å². The number of fused-ring (bicyclic) bond motifs is 2. The first-order valence-corrected chi connectivity index (χ1v) is 11.9. The summed E-state index contributed by atoms with van der Waals surface area (Å²) >= 11 is 0. The van der Waals surface area contributed by atoms with Crippen LogP contribution >= 0.6 is 0 Å². The van der Waals surface area contributed by atoms with Gasteiger partial charge in [0.1, 0.15) is 17.4 Å². The van der Waals surface area contributed by atoms with Crippen molar-refractivity contribution in [1.29, 1.82) is 0 Å². The number of carbonyl (C=O) groups is 3. The average Bonchev–Trinajstić information content (AvgIpc) is 3.59. The van der Waals surface area contributed by atoms with Crippen molar-refractivity contribution in [1.82, 2.24) is 0 Å². The van der Waals surface area contributed by atoms with Gasteiger partial charge in [0.2, 0.25) is 0 Å². The number of amides is 1. The molecule has 0 N–H and O–H groups in total. The van der Waals surface area contributed by atoms with Gasteiger partial charge in [-0.3, -0.25) is 14.6 Å². The second kappa shape index (κ2) is 9.45. The third-order valence-electron chi connectivity index (χ3n) is 6.61. The third-order valence-corrected chi connectivity index (χ3v) is 6.61. The number of aliphatic imine (C=N–C) groups is 1. The molecule has 2 aromatic carbocycles. The first-order valence-electron chi connectivity index (χ1n) is 11.9. The van der Waals surface area contributed by atoms with Gasteiger partial charge in [-0.15, -0.1) is 0 Å². The zero-order chi connectivity index (χ0) is 25.3. The van der Waals surface area contributed by atoms with E-state index in [1.807, 2.05) is 54.6 Å². The molecule has 3 atom stereocenters. The molecule has 0 saturated heterocycles. The number of ether oxygens (including phenoxy) is 2. The third kappa shape index (κ3) is 3.61. The fourth-order valence-electron chi connectivity index (χ4n) is 5.22. The normalized spacial score (nSPS) is 22.4. The van der Waals surface area contributed by atoms with E-state index in [0.717, 1.165) is 5.56 Å². The number of esters is 2. The molecule has 184 valence electrons. The van der Waals surface area contributed by atoms with Crippen LogP contribution in [-0.4, -0.2) is 36.8 Å². The number of anilines is 1. The molecule has 0 radical (unpaired) electrons. The van der Waals surface area contributed by atoms with Crippen molar-refractivity contribution in [3.63, 3.8) is 0 Å². The molecule has 36 heavy (non-hydrogen) atoms. The summed E-state index contributed by atoms with van der Waals surface area (Å²) in [5.41, 5.74) is 0.464. The van der Waals surface area contributed by atoms with E-state index in [1.54, 1.807) is 30.9 Å². The largest absolute Gasteiger partial charge is 0.469 e. The second-order valence-corrected chi connectivity index (χ2v) is 8.60. The van der Waals surface area contributed by atoms with Gasteiger partial charge in [0.25, 0.3) is 5.91 Å². The van der Waals surface area contributed by atoms with Crippen LogP contribution in [0.3, 0.4) is 0 Å². The number of carbonyl (C=O) groups excluding carboxylic acids is 3. The molecule has 0 bridgehead atoms. The van der Waals surface area contributed by atoms with Gasteiger partial charge >= 0.3 is 11.9 Å². The van der Waals surface area contributed by atoms with E-state index in [0.29, 0.717) is 23.6 Å². The van der Waals surface area contributed by atoms with Crippen molar-refractivity contribution in [3.8, 4) is 0 Å². The summed E-state index contributed by atoms with van der Waals surface area (Å²) in [4.78, 5) is 47.3. The van der Waals surface area contributed by atoms with Crippen molar-refractivity contribution in [2.24, 2.45) is 10.9 Å². The molecule has 8 heteroatoms. The van der Waals surface area contributed by atoms with Crippen LogP contribution in [0.1, 0.15) is 36.7 Å². The standard InChI is InChI=1S/C28H26N2O6/c1-3-34-25(31)22-23(21-15-10-16-36-21)28(29-24(22)26(32)35-4-2)19-13-8-9-14-20(19)30(27(28)33)17-18-11-6-5-7-12-18/h5-16,22-23H,3-4,17H2,1-2H3. The molecule has 3 aromatic rings. The summed E-state index contributed by atoms with van der Waals surface area (Å²) in [5, 5.41) is 0. The minimum absolute atomic E-state index is 0.0937. The highest BCUT2D eigenvalue weighted by Crippen LogP contribution is 2.57. The van der Waals surface area contributed by atoms with E-state index < -0.39 is 29.3 Å². The number of nitrogens with zero attached hydrogens (tertiary/aromatic N) is 2. The van der Waals surface area contributed by atoms with E-state index >= 15 is 0 Å². The molecule has 8 nitrogen and oxygen atoms in total. The van der Waals surface area contributed by atoms with Crippen LogP contribution < -0.4 is 4.90 Å². The van der Waals surface area contributed by atoms with Crippen molar-refractivity contribution < 1.29 is 28.3 Å². The zero-order valence-electron chi connectivity index (χ0n) is 20.0. The molecule has 0 fully saturated rings. The lowest BCUT2D eigenvalue weighted by atomic mass is 9.73. The first-order chi connectivity index (χ1) is 17.5. The number of benzene rings is 2. The monoisotopic (exact) mass is 486 g/mol. The predicted octanol–water partition coefficient (Wildman–Crippen LogP) is 4.00. The Hall–Kier alpha value is -4.20. The molecule has 0 aliphatic carbocycles.